The number of hydrogen-bond donors (Lipinski definition) is 1. The van der Waals surface area contributed by atoms with Gasteiger partial charge >= 0.3 is 0 Å². The van der Waals surface area contributed by atoms with Gasteiger partial charge in [-0.25, -0.2) is 0 Å². The molecule has 19 heavy (non-hydrogen) atoms. The highest BCUT2D eigenvalue weighted by atomic mass is 35.5. The molecule has 0 aliphatic carbocycles. The zero-order valence-electron chi connectivity index (χ0n) is 9.82. The first-order valence-electron chi connectivity index (χ1n) is 5.45. The summed E-state index contributed by atoms with van der Waals surface area (Å²) in [5.41, 5.74) is 8.09. The molecule has 0 fully saturated rings. The standard InChI is InChI=1S/C12H10ClN5.ClH/c13-9-3-1-8(2-4-9)10-5-6-11-15-16-12(7-14)18(11)17-10;/h1-6H,7,14H2;1H. The maximum Gasteiger partial charge on any atom is 0.177 e. The maximum absolute atomic E-state index is 5.86. The van der Waals surface area contributed by atoms with Crippen LogP contribution >= 0.6 is 24.0 Å². The van der Waals surface area contributed by atoms with Crippen molar-refractivity contribution < 1.29 is 0 Å². The third-order valence-electron chi connectivity index (χ3n) is 2.65. The molecule has 0 radical (unpaired) electrons. The molecule has 2 heterocycles. The van der Waals surface area contributed by atoms with E-state index in [0.29, 0.717) is 23.0 Å². The van der Waals surface area contributed by atoms with E-state index < -0.39 is 0 Å². The van der Waals surface area contributed by atoms with E-state index in [0.717, 1.165) is 11.3 Å². The van der Waals surface area contributed by atoms with Crippen LogP contribution in [0.5, 0.6) is 0 Å². The highest BCUT2D eigenvalue weighted by molar-refractivity contribution is 6.30. The summed E-state index contributed by atoms with van der Waals surface area (Å²) in [6.45, 7) is 0.304. The van der Waals surface area contributed by atoms with E-state index in [-0.39, 0.29) is 12.4 Å². The van der Waals surface area contributed by atoms with Crippen molar-refractivity contribution in [2.24, 2.45) is 5.73 Å². The third kappa shape index (κ3) is 2.53. The van der Waals surface area contributed by atoms with Gasteiger partial charge in [-0.05, 0) is 24.3 Å². The Morgan fingerprint density at radius 1 is 1.05 bits per heavy atom. The number of halogens is 2. The fourth-order valence-corrected chi connectivity index (χ4v) is 1.86. The average molecular weight is 296 g/mol. The van der Waals surface area contributed by atoms with Crippen LogP contribution < -0.4 is 5.73 Å². The van der Waals surface area contributed by atoms with Gasteiger partial charge in [0.15, 0.2) is 11.5 Å². The molecule has 2 N–H and O–H groups in total. The Balaban J connectivity index is 0.00000133. The molecule has 0 saturated carbocycles. The first kappa shape index (κ1) is 13.7. The zero-order chi connectivity index (χ0) is 12.5. The number of nitrogens with zero attached hydrogens (tertiary/aromatic N) is 4. The van der Waals surface area contributed by atoms with E-state index >= 15 is 0 Å². The molecule has 1 aromatic carbocycles. The Morgan fingerprint density at radius 3 is 2.47 bits per heavy atom. The van der Waals surface area contributed by atoms with Crippen molar-refractivity contribution in [1.82, 2.24) is 19.8 Å². The molecule has 5 nitrogen and oxygen atoms in total. The predicted octanol–water partition coefficient (Wildman–Crippen LogP) is 2.33. The number of fused-ring (bicyclic) bond motifs is 1. The molecule has 98 valence electrons. The van der Waals surface area contributed by atoms with Gasteiger partial charge in [-0.3, -0.25) is 0 Å². The summed E-state index contributed by atoms with van der Waals surface area (Å²) in [5, 5.41) is 13.1. The number of hydrogen-bond acceptors (Lipinski definition) is 4. The van der Waals surface area contributed by atoms with Crippen molar-refractivity contribution in [3.05, 3.63) is 47.2 Å². The summed E-state index contributed by atoms with van der Waals surface area (Å²) in [5.74, 6) is 0.640. The molecule has 0 bridgehead atoms. The van der Waals surface area contributed by atoms with Crippen molar-refractivity contribution in [2.45, 2.75) is 6.54 Å². The van der Waals surface area contributed by atoms with Gasteiger partial charge in [0, 0.05) is 10.6 Å². The maximum atomic E-state index is 5.86. The van der Waals surface area contributed by atoms with Crippen molar-refractivity contribution >= 4 is 29.7 Å². The smallest absolute Gasteiger partial charge is 0.177 e. The monoisotopic (exact) mass is 295 g/mol. The first-order valence-corrected chi connectivity index (χ1v) is 5.83. The lowest BCUT2D eigenvalue weighted by atomic mass is 10.1. The topological polar surface area (TPSA) is 69.1 Å². The summed E-state index contributed by atoms with van der Waals surface area (Å²) < 4.78 is 1.66. The predicted molar refractivity (Wildman–Crippen MR) is 76.4 cm³/mol. The summed E-state index contributed by atoms with van der Waals surface area (Å²) in [6.07, 6.45) is 0. The van der Waals surface area contributed by atoms with Gasteiger partial charge < -0.3 is 5.73 Å². The Kier molecular flexibility index (Phi) is 3.99. The summed E-state index contributed by atoms with van der Waals surface area (Å²) >= 11 is 5.86. The normalized spacial score (nSPS) is 10.4. The van der Waals surface area contributed by atoms with Gasteiger partial charge in [0.1, 0.15) is 0 Å². The third-order valence-corrected chi connectivity index (χ3v) is 2.90. The molecule has 0 aliphatic heterocycles. The highest BCUT2D eigenvalue weighted by Crippen LogP contribution is 2.19. The minimum absolute atomic E-state index is 0. The van der Waals surface area contributed by atoms with Crippen molar-refractivity contribution in [3.63, 3.8) is 0 Å². The van der Waals surface area contributed by atoms with Gasteiger partial charge in [-0.1, -0.05) is 23.7 Å². The second-order valence-electron chi connectivity index (χ2n) is 3.82. The van der Waals surface area contributed by atoms with Crippen LogP contribution in [-0.4, -0.2) is 19.8 Å². The van der Waals surface area contributed by atoms with Crippen molar-refractivity contribution in [3.8, 4) is 11.3 Å². The quantitative estimate of drug-likeness (QED) is 0.788. The fourth-order valence-electron chi connectivity index (χ4n) is 1.74. The van der Waals surface area contributed by atoms with Crippen LogP contribution in [0.3, 0.4) is 0 Å². The van der Waals surface area contributed by atoms with Gasteiger partial charge in [0.25, 0.3) is 0 Å². The number of nitrogens with two attached hydrogens (primary N) is 1. The average Bonchev–Trinajstić information content (AvgIpc) is 2.81. The largest absolute Gasteiger partial charge is 0.324 e. The van der Waals surface area contributed by atoms with Gasteiger partial charge in [-0.2, -0.15) is 9.61 Å². The number of benzene rings is 1. The molecule has 0 unspecified atom stereocenters. The van der Waals surface area contributed by atoms with Crippen LogP contribution in [0.2, 0.25) is 5.02 Å². The van der Waals surface area contributed by atoms with Gasteiger partial charge in [-0.15, -0.1) is 22.6 Å². The van der Waals surface area contributed by atoms with Gasteiger partial charge in [0.05, 0.1) is 12.2 Å². The molecule has 2 aromatic heterocycles. The van der Waals surface area contributed by atoms with Crippen LogP contribution in [-0.2, 0) is 6.54 Å². The molecule has 0 atom stereocenters. The summed E-state index contributed by atoms with van der Waals surface area (Å²) in [4.78, 5) is 0. The van der Waals surface area contributed by atoms with E-state index in [1.807, 2.05) is 36.4 Å². The van der Waals surface area contributed by atoms with E-state index in [1.165, 1.54) is 0 Å². The van der Waals surface area contributed by atoms with Gasteiger partial charge in [0.2, 0.25) is 0 Å². The molecular formula is C12H11Cl2N5. The molecule has 7 heteroatoms. The highest BCUT2D eigenvalue weighted by Gasteiger charge is 2.07. The second kappa shape index (κ2) is 5.52. The Morgan fingerprint density at radius 2 is 1.79 bits per heavy atom. The molecular weight excluding hydrogens is 285 g/mol. The Hall–Kier alpha value is -1.69. The van der Waals surface area contributed by atoms with Crippen LogP contribution in [0, 0.1) is 0 Å². The van der Waals surface area contributed by atoms with Crippen LogP contribution in [0.4, 0.5) is 0 Å². The minimum atomic E-state index is 0. The Bertz CT molecular complexity index is 693. The molecule has 0 saturated heterocycles. The first-order chi connectivity index (χ1) is 8.78. The molecule has 0 aliphatic rings. The molecule has 0 spiro atoms. The van der Waals surface area contributed by atoms with Crippen molar-refractivity contribution in [2.75, 3.05) is 0 Å². The SMILES string of the molecule is Cl.NCc1nnc2ccc(-c3ccc(Cl)cc3)nn12. The summed E-state index contributed by atoms with van der Waals surface area (Å²) in [7, 11) is 0. The van der Waals surface area contributed by atoms with Crippen LogP contribution in [0.15, 0.2) is 36.4 Å². The van der Waals surface area contributed by atoms with Crippen LogP contribution in [0.1, 0.15) is 5.82 Å². The van der Waals surface area contributed by atoms with E-state index in [2.05, 4.69) is 15.3 Å². The van der Waals surface area contributed by atoms with E-state index in [1.54, 1.807) is 4.52 Å². The second-order valence-corrected chi connectivity index (χ2v) is 4.25. The summed E-state index contributed by atoms with van der Waals surface area (Å²) in [6, 6.07) is 11.3. The lowest BCUT2D eigenvalue weighted by molar-refractivity contribution is 0.811. The van der Waals surface area contributed by atoms with E-state index in [4.69, 9.17) is 17.3 Å². The Labute approximate surface area is 120 Å². The molecule has 0 amide bonds. The number of rotatable bonds is 2. The van der Waals surface area contributed by atoms with Crippen molar-refractivity contribution in [1.29, 1.82) is 0 Å². The fraction of sp³-hybridized carbons (Fsp3) is 0.0833. The zero-order valence-corrected chi connectivity index (χ0v) is 11.4. The van der Waals surface area contributed by atoms with Crippen LogP contribution in [0.25, 0.3) is 16.9 Å². The lowest BCUT2D eigenvalue weighted by Gasteiger charge is -2.02. The number of aromatic nitrogens is 4. The lowest BCUT2D eigenvalue weighted by Crippen LogP contribution is -2.05. The molecule has 3 rings (SSSR count). The molecule has 3 aromatic rings. The van der Waals surface area contributed by atoms with E-state index in [9.17, 15) is 0 Å². The minimum Gasteiger partial charge on any atom is -0.324 e.